The van der Waals surface area contributed by atoms with Gasteiger partial charge in [0.05, 0.1) is 4.90 Å². The smallest absolute Gasteiger partial charge is 0.225 e. The third-order valence-electron chi connectivity index (χ3n) is 3.47. The second-order valence-electron chi connectivity index (χ2n) is 5.25. The highest BCUT2D eigenvalue weighted by Crippen LogP contribution is 2.26. The maximum absolute atomic E-state index is 14.0. The van der Waals surface area contributed by atoms with Crippen LogP contribution in [0.1, 0.15) is 19.8 Å². The fourth-order valence-corrected chi connectivity index (χ4v) is 4.54. The van der Waals surface area contributed by atoms with Gasteiger partial charge in [0.1, 0.15) is 10.7 Å². The number of hydrogen-bond donors (Lipinski definition) is 1. The molecule has 1 saturated heterocycles. The molecule has 1 fully saturated rings. The Morgan fingerprint density at radius 2 is 1.95 bits per heavy atom. The fraction of sp³-hybridized carbons (Fsp3) is 0.500. The van der Waals surface area contributed by atoms with Gasteiger partial charge in [-0.25, -0.2) is 26.4 Å². The molecule has 1 unspecified atom stereocenters. The molecule has 118 valence electrons. The maximum atomic E-state index is 14.0. The SMILES string of the molecule is CC1CCCN(S(=O)(=O)c2ccc(S(N)(=O)=O)cc2F)C1. The summed E-state index contributed by atoms with van der Waals surface area (Å²) in [6, 6.07) is 2.58. The van der Waals surface area contributed by atoms with Crippen molar-refractivity contribution in [2.45, 2.75) is 29.6 Å². The zero-order chi connectivity index (χ0) is 15.8. The van der Waals surface area contributed by atoms with E-state index in [1.807, 2.05) is 6.92 Å². The number of rotatable bonds is 3. The molecule has 1 heterocycles. The molecular formula is C12H17FN2O4S2. The van der Waals surface area contributed by atoms with Crippen LogP contribution in [-0.4, -0.2) is 34.2 Å². The van der Waals surface area contributed by atoms with Gasteiger partial charge >= 0.3 is 0 Å². The molecule has 6 nitrogen and oxygen atoms in total. The number of nitrogens with zero attached hydrogens (tertiary/aromatic N) is 1. The standard InChI is InChI=1S/C12H17FN2O4S2/c1-9-3-2-6-15(8-9)21(18,19)12-5-4-10(7-11(12)13)20(14,16)17/h4-5,7,9H,2-3,6,8H2,1H3,(H2,14,16,17). The van der Waals surface area contributed by atoms with Crippen LogP contribution >= 0.6 is 0 Å². The third-order valence-corrected chi connectivity index (χ3v) is 6.28. The Morgan fingerprint density at radius 1 is 1.29 bits per heavy atom. The lowest BCUT2D eigenvalue weighted by Gasteiger charge is -2.30. The van der Waals surface area contributed by atoms with Crippen LogP contribution in [0, 0.1) is 11.7 Å². The van der Waals surface area contributed by atoms with Crippen LogP contribution in [0.25, 0.3) is 0 Å². The van der Waals surface area contributed by atoms with Gasteiger partial charge in [0.2, 0.25) is 20.0 Å². The zero-order valence-corrected chi connectivity index (χ0v) is 13.1. The van der Waals surface area contributed by atoms with E-state index in [2.05, 4.69) is 0 Å². The lowest BCUT2D eigenvalue weighted by atomic mass is 10.0. The first-order valence-corrected chi connectivity index (χ1v) is 9.43. The Labute approximate surface area is 123 Å². The molecule has 2 N–H and O–H groups in total. The third kappa shape index (κ3) is 3.42. The number of primary sulfonamides is 1. The summed E-state index contributed by atoms with van der Waals surface area (Å²) in [6.45, 7) is 2.60. The van der Waals surface area contributed by atoms with Gasteiger partial charge < -0.3 is 0 Å². The first-order valence-electron chi connectivity index (χ1n) is 6.45. The summed E-state index contributed by atoms with van der Waals surface area (Å²) in [4.78, 5) is -0.977. The Kier molecular flexibility index (Phi) is 4.39. The minimum atomic E-state index is -4.07. The molecule has 1 aliphatic heterocycles. The molecule has 1 aromatic carbocycles. The van der Waals surface area contributed by atoms with Crippen LogP contribution < -0.4 is 5.14 Å². The summed E-state index contributed by atoms with van der Waals surface area (Å²) in [6.07, 6.45) is 1.65. The molecule has 0 aromatic heterocycles. The van der Waals surface area contributed by atoms with Crippen LogP contribution in [0.5, 0.6) is 0 Å². The van der Waals surface area contributed by atoms with Crippen molar-refractivity contribution in [3.8, 4) is 0 Å². The van der Waals surface area contributed by atoms with Crippen molar-refractivity contribution in [2.24, 2.45) is 11.1 Å². The van der Waals surface area contributed by atoms with E-state index in [9.17, 15) is 21.2 Å². The lowest BCUT2D eigenvalue weighted by Crippen LogP contribution is -2.39. The maximum Gasteiger partial charge on any atom is 0.245 e. The van der Waals surface area contributed by atoms with Gasteiger partial charge in [0, 0.05) is 13.1 Å². The summed E-state index contributed by atoms with van der Waals surface area (Å²) >= 11 is 0. The van der Waals surface area contributed by atoms with Gasteiger partial charge in [-0.15, -0.1) is 0 Å². The molecule has 21 heavy (non-hydrogen) atoms. The number of piperidine rings is 1. The summed E-state index contributed by atoms with van der Waals surface area (Å²) in [7, 11) is -8.03. The fourth-order valence-electron chi connectivity index (χ4n) is 2.37. The molecule has 0 spiro atoms. The van der Waals surface area contributed by atoms with Gasteiger partial charge in [-0.05, 0) is 37.0 Å². The van der Waals surface area contributed by atoms with Crippen LogP contribution in [0.3, 0.4) is 0 Å². The molecule has 0 saturated carbocycles. The molecule has 0 aliphatic carbocycles. The Morgan fingerprint density at radius 3 is 2.48 bits per heavy atom. The minimum absolute atomic E-state index is 0.209. The predicted octanol–water partition coefficient (Wildman–Crippen LogP) is 0.894. The topological polar surface area (TPSA) is 97.5 Å². The second-order valence-corrected chi connectivity index (χ2v) is 8.72. The molecule has 0 radical (unpaired) electrons. The van der Waals surface area contributed by atoms with E-state index in [1.165, 1.54) is 4.31 Å². The van der Waals surface area contributed by atoms with E-state index < -0.39 is 35.7 Å². The highest BCUT2D eigenvalue weighted by Gasteiger charge is 2.31. The first-order chi connectivity index (χ1) is 9.62. The number of nitrogens with two attached hydrogens (primary N) is 1. The highest BCUT2D eigenvalue weighted by atomic mass is 32.2. The van der Waals surface area contributed by atoms with Gasteiger partial charge in [-0.3, -0.25) is 0 Å². The molecule has 9 heteroatoms. The van der Waals surface area contributed by atoms with Crippen molar-refractivity contribution < 1.29 is 21.2 Å². The second kappa shape index (κ2) is 5.64. The van der Waals surface area contributed by atoms with E-state index in [0.717, 1.165) is 25.0 Å². The Bertz CT molecular complexity index is 747. The lowest BCUT2D eigenvalue weighted by molar-refractivity contribution is 0.280. The van der Waals surface area contributed by atoms with Crippen LogP contribution in [0.15, 0.2) is 28.0 Å². The van der Waals surface area contributed by atoms with Gasteiger partial charge in [-0.1, -0.05) is 6.92 Å². The first kappa shape index (κ1) is 16.3. The van der Waals surface area contributed by atoms with Crippen molar-refractivity contribution in [1.82, 2.24) is 4.31 Å². The molecule has 0 amide bonds. The molecular weight excluding hydrogens is 319 g/mol. The van der Waals surface area contributed by atoms with Gasteiger partial charge in [-0.2, -0.15) is 4.31 Å². The average Bonchev–Trinajstić information content (AvgIpc) is 2.37. The molecule has 1 aliphatic rings. The van der Waals surface area contributed by atoms with Crippen LogP contribution in [0.2, 0.25) is 0 Å². The quantitative estimate of drug-likeness (QED) is 0.886. The van der Waals surface area contributed by atoms with E-state index >= 15 is 0 Å². The number of halogens is 1. The van der Waals surface area contributed by atoms with Gasteiger partial charge in [0.25, 0.3) is 0 Å². The molecule has 0 bridgehead atoms. The van der Waals surface area contributed by atoms with Crippen molar-refractivity contribution >= 4 is 20.0 Å². The number of sulfonamides is 2. The number of benzene rings is 1. The van der Waals surface area contributed by atoms with Crippen molar-refractivity contribution in [3.05, 3.63) is 24.0 Å². The summed E-state index contributed by atoms with van der Waals surface area (Å²) < 4.78 is 62.4. The Balaban J connectivity index is 2.41. The average molecular weight is 336 g/mol. The van der Waals surface area contributed by atoms with Crippen molar-refractivity contribution in [1.29, 1.82) is 0 Å². The van der Waals surface area contributed by atoms with Crippen LogP contribution in [-0.2, 0) is 20.0 Å². The summed E-state index contributed by atoms with van der Waals surface area (Å²) in [5.74, 6) is -0.903. The van der Waals surface area contributed by atoms with E-state index in [-0.39, 0.29) is 5.92 Å². The normalized spacial score (nSPS) is 21.4. The summed E-state index contributed by atoms with van der Waals surface area (Å²) in [5.41, 5.74) is 0. The van der Waals surface area contributed by atoms with E-state index in [1.54, 1.807) is 0 Å². The number of hydrogen-bond acceptors (Lipinski definition) is 4. The molecule has 1 atom stereocenters. The summed E-state index contributed by atoms with van der Waals surface area (Å²) in [5, 5.41) is 4.89. The zero-order valence-electron chi connectivity index (χ0n) is 11.5. The van der Waals surface area contributed by atoms with Crippen LogP contribution in [0.4, 0.5) is 4.39 Å². The predicted molar refractivity (Wildman–Crippen MR) is 74.9 cm³/mol. The van der Waals surface area contributed by atoms with Crippen molar-refractivity contribution in [3.63, 3.8) is 0 Å². The van der Waals surface area contributed by atoms with Crippen molar-refractivity contribution in [2.75, 3.05) is 13.1 Å². The monoisotopic (exact) mass is 336 g/mol. The Hall–Kier alpha value is -1.03. The highest BCUT2D eigenvalue weighted by molar-refractivity contribution is 7.89. The van der Waals surface area contributed by atoms with E-state index in [4.69, 9.17) is 5.14 Å². The van der Waals surface area contributed by atoms with E-state index in [0.29, 0.717) is 19.2 Å². The molecule has 1 aromatic rings. The largest absolute Gasteiger partial charge is 0.245 e. The molecule has 2 rings (SSSR count). The van der Waals surface area contributed by atoms with Gasteiger partial charge in [0.15, 0.2) is 0 Å². The minimum Gasteiger partial charge on any atom is -0.225 e.